The summed E-state index contributed by atoms with van der Waals surface area (Å²) in [5, 5.41) is 0. The van der Waals surface area contributed by atoms with Crippen molar-refractivity contribution in [1.29, 1.82) is 0 Å². The SMILES string of the molecule is COCCOCCOC(=O)OCOc1c2n(cc(C(=O)CCc3ccc(F)cc3F)c1=O)C[C@H]1OC[C@H](C)N1C2=O. The quantitative estimate of drug-likeness (QED) is 0.151. The summed E-state index contributed by atoms with van der Waals surface area (Å²) in [4.78, 5) is 53.3. The van der Waals surface area contributed by atoms with Crippen LogP contribution >= 0.6 is 0 Å². The molecule has 0 radical (unpaired) electrons. The molecule has 12 nitrogen and oxygen atoms in total. The van der Waals surface area contributed by atoms with E-state index in [0.717, 1.165) is 6.07 Å². The van der Waals surface area contributed by atoms with Crippen molar-refractivity contribution in [3.8, 4) is 5.75 Å². The van der Waals surface area contributed by atoms with Gasteiger partial charge in [0, 0.05) is 25.8 Å². The fraction of sp³-hybridized carbons (Fsp3) is 0.481. The Morgan fingerprint density at radius 1 is 1.10 bits per heavy atom. The van der Waals surface area contributed by atoms with Crippen LogP contribution in [-0.2, 0) is 36.6 Å². The average molecular weight is 581 g/mol. The number of fused-ring (bicyclic) bond motifs is 2. The third-order valence-corrected chi connectivity index (χ3v) is 6.54. The van der Waals surface area contributed by atoms with Gasteiger partial charge >= 0.3 is 6.16 Å². The van der Waals surface area contributed by atoms with Gasteiger partial charge in [-0.15, -0.1) is 0 Å². The molecule has 1 fully saturated rings. The van der Waals surface area contributed by atoms with Crippen molar-refractivity contribution < 1.29 is 51.6 Å². The van der Waals surface area contributed by atoms with Crippen LogP contribution in [0, 0.1) is 11.6 Å². The maximum atomic E-state index is 14.1. The Morgan fingerprint density at radius 3 is 2.63 bits per heavy atom. The normalized spacial score (nSPS) is 17.7. The smallest absolute Gasteiger partial charge is 0.451 e. The zero-order valence-electron chi connectivity index (χ0n) is 22.6. The summed E-state index contributed by atoms with van der Waals surface area (Å²) in [6, 6.07) is 2.73. The monoisotopic (exact) mass is 580 g/mol. The third kappa shape index (κ3) is 7.07. The molecule has 41 heavy (non-hydrogen) atoms. The predicted molar refractivity (Wildman–Crippen MR) is 136 cm³/mol. The van der Waals surface area contributed by atoms with Gasteiger partial charge in [0.2, 0.25) is 18.0 Å². The number of aryl methyl sites for hydroxylation is 1. The molecule has 1 amide bonds. The Morgan fingerprint density at radius 2 is 1.88 bits per heavy atom. The summed E-state index contributed by atoms with van der Waals surface area (Å²) in [5.74, 6) is -3.25. The number of amides is 1. The molecule has 14 heteroatoms. The lowest BCUT2D eigenvalue weighted by Crippen LogP contribution is -2.49. The lowest BCUT2D eigenvalue weighted by atomic mass is 10.0. The first kappa shape index (κ1) is 30.1. The zero-order chi connectivity index (χ0) is 29.5. The minimum Gasteiger partial charge on any atom is -0.451 e. The Labute approximate surface area is 233 Å². The first-order valence-electron chi connectivity index (χ1n) is 12.9. The maximum Gasteiger partial charge on any atom is 0.511 e. The number of hydrogen-bond acceptors (Lipinski definition) is 10. The van der Waals surface area contributed by atoms with Crippen molar-refractivity contribution >= 4 is 17.8 Å². The molecule has 0 spiro atoms. The van der Waals surface area contributed by atoms with Crippen LogP contribution in [0.1, 0.15) is 39.8 Å². The fourth-order valence-corrected chi connectivity index (χ4v) is 4.51. The lowest BCUT2D eigenvalue weighted by Gasteiger charge is -2.34. The minimum atomic E-state index is -1.10. The van der Waals surface area contributed by atoms with Gasteiger partial charge in [-0.05, 0) is 25.0 Å². The number of Topliss-reactive ketones (excluding diaryl/α,β-unsaturated/α-hetero) is 1. The van der Waals surface area contributed by atoms with Gasteiger partial charge < -0.3 is 37.9 Å². The predicted octanol–water partition coefficient (Wildman–Crippen LogP) is 2.30. The van der Waals surface area contributed by atoms with Crippen molar-refractivity contribution in [2.45, 2.75) is 38.6 Å². The number of hydrogen-bond donors (Lipinski definition) is 0. The van der Waals surface area contributed by atoms with Crippen molar-refractivity contribution in [3.63, 3.8) is 0 Å². The summed E-state index contributed by atoms with van der Waals surface area (Å²) in [5.41, 5.74) is -1.24. The van der Waals surface area contributed by atoms with E-state index in [1.54, 1.807) is 6.92 Å². The largest absolute Gasteiger partial charge is 0.511 e. The number of rotatable bonds is 13. The second kappa shape index (κ2) is 13.7. The number of halogens is 2. The van der Waals surface area contributed by atoms with Crippen LogP contribution in [0.15, 0.2) is 29.2 Å². The molecule has 1 saturated heterocycles. The summed E-state index contributed by atoms with van der Waals surface area (Å²) < 4.78 is 59.6. The van der Waals surface area contributed by atoms with Gasteiger partial charge in [-0.2, -0.15) is 0 Å². The Hall–Kier alpha value is -3.88. The number of ketones is 1. The molecular formula is C27H30F2N2O10. The Bertz CT molecular complexity index is 1350. The highest BCUT2D eigenvalue weighted by molar-refractivity contribution is 6.00. The van der Waals surface area contributed by atoms with Crippen LogP contribution in [0.2, 0.25) is 0 Å². The molecule has 0 aliphatic carbocycles. The molecule has 0 saturated carbocycles. The number of benzene rings is 1. The van der Waals surface area contributed by atoms with E-state index in [9.17, 15) is 28.0 Å². The van der Waals surface area contributed by atoms with E-state index >= 15 is 0 Å². The molecule has 0 N–H and O–H groups in total. The van der Waals surface area contributed by atoms with Crippen LogP contribution in [0.25, 0.3) is 0 Å². The van der Waals surface area contributed by atoms with Gasteiger partial charge in [-0.25, -0.2) is 13.6 Å². The molecular weight excluding hydrogens is 550 g/mol. The second-order valence-corrected chi connectivity index (χ2v) is 9.32. The summed E-state index contributed by atoms with van der Waals surface area (Å²) in [6.07, 6.45) is -0.843. The first-order valence-corrected chi connectivity index (χ1v) is 12.9. The van der Waals surface area contributed by atoms with E-state index < -0.39 is 53.7 Å². The highest BCUT2D eigenvalue weighted by Crippen LogP contribution is 2.30. The fourth-order valence-electron chi connectivity index (χ4n) is 4.51. The summed E-state index contributed by atoms with van der Waals surface area (Å²) in [7, 11) is 1.52. The van der Waals surface area contributed by atoms with E-state index in [-0.39, 0.29) is 62.1 Å². The number of nitrogens with zero attached hydrogens (tertiary/aromatic N) is 2. The molecule has 1 aromatic carbocycles. The molecule has 0 unspecified atom stereocenters. The van der Waals surface area contributed by atoms with Gasteiger partial charge in [0.15, 0.2) is 17.7 Å². The first-order chi connectivity index (χ1) is 19.7. The lowest BCUT2D eigenvalue weighted by molar-refractivity contribution is -0.0140. The standard InChI is InChI=1S/C27H30F2N2O10/c1-16-14-39-22-13-30-12-19(21(32)6-4-17-3-5-18(28)11-20(17)29)24(33)25(23(30)26(34)31(16)22)40-15-41-27(35)38-10-9-37-8-7-36-2/h3,5,11-12,16,22H,4,6-10,13-15H2,1-2H3/t16-,22+/m0/s1. The molecule has 2 atom stereocenters. The number of methoxy groups -OCH3 is 1. The molecule has 3 heterocycles. The number of aromatic nitrogens is 1. The highest BCUT2D eigenvalue weighted by Gasteiger charge is 2.43. The average Bonchev–Trinajstić information content (AvgIpc) is 3.31. The van der Waals surface area contributed by atoms with E-state index in [4.69, 9.17) is 28.4 Å². The van der Waals surface area contributed by atoms with Gasteiger partial charge in [0.25, 0.3) is 5.91 Å². The molecule has 1 aromatic heterocycles. The number of pyridine rings is 1. The van der Waals surface area contributed by atoms with E-state index in [1.165, 1.54) is 28.8 Å². The zero-order valence-corrected chi connectivity index (χ0v) is 22.6. The summed E-state index contributed by atoms with van der Waals surface area (Å²) in [6.45, 7) is 2.09. The number of ether oxygens (including phenoxy) is 6. The molecule has 2 aromatic rings. The maximum absolute atomic E-state index is 14.1. The minimum absolute atomic E-state index is 0.0948. The van der Waals surface area contributed by atoms with Crippen molar-refractivity contribution in [1.82, 2.24) is 9.47 Å². The van der Waals surface area contributed by atoms with Gasteiger partial charge in [-0.1, -0.05) is 6.07 Å². The van der Waals surface area contributed by atoms with Gasteiger partial charge in [0.1, 0.15) is 18.2 Å². The summed E-state index contributed by atoms with van der Waals surface area (Å²) >= 11 is 0. The van der Waals surface area contributed by atoms with E-state index in [2.05, 4.69) is 0 Å². The van der Waals surface area contributed by atoms with Crippen LogP contribution in [0.3, 0.4) is 0 Å². The van der Waals surface area contributed by atoms with Crippen LogP contribution in [-0.4, -0.2) is 86.5 Å². The van der Waals surface area contributed by atoms with Gasteiger partial charge in [0.05, 0.1) is 44.6 Å². The number of carbonyl (C=O) groups is 3. The molecule has 4 rings (SSSR count). The molecule has 0 bridgehead atoms. The highest BCUT2D eigenvalue weighted by atomic mass is 19.1. The molecule has 2 aliphatic heterocycles. The Kier molecular flexibility index (Phi) is 10.0. The van der Waals surface area contributed by atoms with Crippen molar-refractivity contribution in [2.24, 2.45) is 0 Å². The number of carbonyl (C=O) groups excluding carboxylic acids is 3. The second-order valence-electron chi connectivity index (χ2n) is 9.32. The van der Waals surface area contributed by atoms with Gasteiger partial charge in [-0.3, -0.25) is 14.4 Å². The van der Waals surface area contributed by atoms with E-state index in [0.29, 0.717) is 19.3 Å². The van der Waals surface area contributed by atoms with Crippen molar-refractivity contribution in [2.75, 3.05) is 46.9 Å². The van der Waals surface area contributed by atoms with Crippen molar-refractivity contribution in [3.05, 3.63) is 63.1 Å². The van der Waals surface area contributed by atoms with E-state index in [1.807, 2.05) is 0 Å². The van der Waals surface area contributed by atoms with Crippen LogP contribution < -0.4 is 10.2 Å². The third-order valence-electron chi connectivity index (χ3n) is 6.54. The topological polar surface area (TPSA) is 132 Å². The molecule has 222 valence electrons. The molecule has 2 aliphatic rings. The Balaban J connectivity index is 1.50. The van der Waals surface area contributed by atoms with Crippen LogP contribution in [0.5, 0.6) is 5.75 Å². The van der Waals surface area contributed by atoms with Crippen LogP contribution in [0.4, 0.5) is 13.6 Å².